The van der Waals surface area contributed by atoms with E-state index in [2.05, 4.69) is 15.5 Å². The molecule has 4 aromatic carbocycles. The van der Waals surface area contributed by atoms with Crippen molar-refractivity contribution in [1.29, 1.82) is 0 Å². The van der Waals surface area contributed by atoms with Crippen LogP contribution in [0.3, 0.4) is 0 Å². The fourth-order valence-corrected chi connectivity index (χ4v) is 7.08. The second kappa shape index (κ2) is 18.2. The van der Waals surface area contributed by atoms with Gasteiger partial charge in [-0.3, -0.25) is 9.59 Å². The number of unbranched alkanes of at least 4 members (excludes halogenated alkanes) is 1. The number of likely N-dealkylation sites (tertiary alicyclic amines) is 1. The molecular weight excluding hydrogens is 692 g/mol. The van der Waals surface area contributed by atoms with Crippen LogP contribution in [0.1, 0.15) is 85.2 Å². The smallest absolute Gasteiger partial charge is 0.224 e. The predicted molar refractivity (Wildman–Crippen MR) is 206 cm³/mol. The van der Waals surface area contributed by atoms with E-state index >= 15 is 0 Å². The van der Waals surface area contributed by atoms with E-state index < -0.39 is 11.9 Å². The Morgan fingerprint density at radius 1 is 0.830 bits per heavy atom. The van der Waals surface area contributed by atoms with Gasteiger partial charge in [0.15, 0.2) is 6.29 Å². The summed E-state index contributed by atoms with van der Waals surface area (Å²) < 4.78 is 13.1. The average Bonchev–Trinajstić information content (AvgIpc) is 3.18. The van der Waals surface area contributed by atoms with Crippen LogP contribution in [0.4, 0.5) is 11.4 Å². The first-order valence-electron chi connectivity index (χ1n) is 18.4. The minimum atomic E-state index is -0.880. The molecule has 2 heterocycles. The number of amides is 2. The van der Waals surface area contributed by atoms with Crippen molar-refractivity contribution in [3.8, 4) is 0 Å². The molecule has 11 heteroatoms. The van der Waals surface area contributed by atoms with Gasteiger partial charge in [-0.25, -0.2) is 0 Å². The fourth-order valence-electron chi connectivity index (χ4n) is 6.95. The number of piperidine rings is 1. The molecule has 2 aliphatic rings. The lowest BCUT2D eigenvalue weighted by Crippen LogP contribution is -2.46. The number of rotatable bonds is 14. The summed E-state index contributed by atoms with van der Waals surface area (Å²) in [6.45, 7) is 2.55. The molecule has 2 saturated heterocycles. The summed E-state index contributed by atoms with van der Waals surface area (Å²) in [6.07, 6.45) is 2.85. The van der Waals surface area contributed by atoms with E-state index in [1.165, 1.54) is 0 Å². The molecule has 2 aliphatic heterocycles. The van der Waals surface area contributed by atoms with E-state index in [-0.39, 0.29) is 30.6 Å². The van der Waals surface area contributed by atoms with Crippen molar-refractivity contribution >= 4 is 34.8 Å². The largest absolute Gasteiger partial charge is 0.397 e. The summed E-state index contributed by atoms with van der Waals surface area (Å²) >= 11 is 6.08. The van der Waals surface area contributed by atoms with Crippen LogP contribution < -0.4 is 16.4 Å². The summed E-state index contributed by atoms with van der Waals surface area (Å²) in [4.78, 5) is 27.1. The molecule has 0 spiro atoms. The molecule has 0 aromatic heterocycles. The number of anilines is 2. The number of nitrogens with one attached hydrogen (secondary N) is 2. The zero-order valence-corrected chi connectivity index (χ0v) is 30.6. The Labute approximate surface area is 316 Å². The van der Waals surface area contributed by atoms with E-state index in [1.54, 1.807) is 12.1 Å². The second-order valence-corrected chi connectivity index (χ2v) is 14.5. The summed E-state index contributed by atoms with van der Waals surface area (Å²) in [5.74, 6) is -0.191. The lowest BCUT2D eigenvalue weighted by atomic mass is 9.84. The summed E-state index contributed by atoms with van der Waals surface area (Å²) in [7, 11) is 0. The third kappa shape index (κ3) is 10.7. The van der Waals surface area contributed by atoms with Gasteiger partial charge in [0, 0.05) is 56.0 Å². The van der Waals surface area contributed by atoms with Gasteiger partial charge in [-0.05, 0) is 72.2 Å². The van der Waals surface area contributed by atoms with Crippen LogP contribution in [0.2, 0.25) is 5.02 Å². The van der Waals surface area contributed by atoms with Gasteiger partial charge in [0.1, 0.15) is 0 Å². The highest BCUT2D eigenvalue weighted by Gasteiger charge is 2.37. The van der Waals surface area contributed by atoms with E-state index in [1.807, 2.05) is 84.9 Å². The quantitative estimate of drug-likeness (QED) is 0.0705. The fraction of sp³-hybridized carbons (Fsp3) is 0.381. The van der Waals surface area contributed by atoms with E-state index in [9.17, 15) is 19.8 Å². The Balaban J connectivity index is 1.00. The number of nitrogens with two attached hydrogens (primary N) is 1. The number of hydrogen-bond donors (Lipinski definition) is 5. The maximum absolute atomic E-state index is 12.5. The number of benzene rings is 4. The van der Waals surface area contributed by atoms with Gasteiger partial charge in [0.2, 0.25) is 11.8 Å². The number of aliphatic hydroxyl groups is 2. The second-order valence-electron chi connectivity index (χ2n) is 14.1. The van der Waals surface area contributed by atoms with Gasteiger partial charge in [-0.1, -0.05) is 84.4 Å². The minimum absolute atomic E-state index is 0.0194. The highest BCUT2D eigenvalue weighted by atomic mass is 35.5. The Bertz CT molecular complexity index is 1800. The normalized spacial score (nSPS) is 20.1. The Morgan fingerprint density at radius 2 is 1.47 bits per heavy atom. The number of nitrogens with zero attached hydrogens (tertiary/aromatic N) is 1. The molecule has 0 bridgehead atoms. The first-order valence-corrected chi connectivity index (χ1v) is 18.8. The number of carbonyl (C=O) groups is 2. The SMILES string of the molecule is Nc1ccccc1NC(=O)CCCCC(=O)NCc1ccc([C@@H]2O[C@H](CN3CCC(O)(c4ccc(Cl)cc4)CC3)C[C@H](c3ccc(CO)cc3)O2)cc1. The zero-order valence-electron chi connectivity index (χ0n) is 29.9. The van der Waals surface area contributed by atoms with Crippen LogP contribution in [0.15, 0.2) is 97.1 Å². The van der Waals surface area contributed by atoms with Crippen molar-refractivity contribution < 1.29 is 29.3 Å². The van der Waals surface area contributed by atoms with Crippen LogP contribution in [0.25, 0.3) is 0 Å². The van der Waals surface area contributed by atoms with Gasteiger partial charge in [-0.15, -0.1) is 0 Å². The number of aliphatic hydroxyl groups excluding tert-OH is 1. The number of nitrogen functional groups attached to an aromatic ring is 1. The molecule has 4 aromatic rings. The van der Waals surface area contributed by atoms with Crippen molar-refractivity contribution in [3.05, 3.63) is 130 Å². The van der Waals surface area contributed by atoms with Gasteiger partial charge in [0.05, 0.1) is 35.8 Å². The maximum atomic E-state index is 12.5. The number of carbonyl (C=O) groups excluding carboxylic acids is 2. The molecule has 0 aliphatic carbocycles. The van der Waals surface area contributed by atoms with Crippen molar-refractivity contribution in [2.24, 2.45) is 0 Å². The van der Waals surface area contributed by atoms with Crippen LogP contribution in [-0.4, -0.2) is 52.7 Å². The third-order valence-electron chi connectivity index (χ3n) is 10.2. The predicted octanol–water partition coefficient (Wildman–Crippen LogP) is 6.76. The Kier molecular flexibility index (Phi) is 13.2. The monoisotopic (exact) mass is 740 g/mol. The first kappa shape index (κ1) is 38.4. The van der Waals surface area contributed by atoms with Gasteiger partial charge >= 0.3 is 0 Å². The van der Waals surface area contributed by atoms with Crippen molar-refractivity contribution in [2.45, 2.75) is 82.2 Å². The molecule has 10 nitrogen and oxygen atoms in total. The van der Waals surface area contributed by atoms with Gasteiger partial charge in [0.25, 0.3) is 0 Å². The molecule has 0 radical (unpaired) electrons. The number of halogens is 1. The topological polar surface area (TPSA) is 146 Å². The van der Waals surface area contributed by atoms with E-state index in [0.29, 0.717) is 74.4 Å². The van der Waals surface area contributed by atoms with Gasteiger partial charge in [-0.2, -0.15) is 0 Å². The summed E-state index contributed by atoms with van der Waals surface area (Å²) in [5, 5.41) is 27.4. The summed E-state index contributed by atoms with van der Waals surface area (Å²) in [5.41, 5.74) is 10.7. The lowest BCUT2D eigenvalue weighted by Gasteiger charge is -2.42. The van der Waals surface area contributed by atoms with E-state index in [4.69, 9.17) is 26.8 Å². The minimum Gasteiger partial charge on any atom is -0.397 e. The van der Waals surface area contributed by atoms with E-state index in [0.717, 1.165) is 40.9 Å². The van der Waals surface area contributed by atoms with Crippen molar-refractivity contribution in [3.63, 3.8) is 0 Å². The Morgan fingerprint density at radius 3 is 2.15 bits per heavy atom. The summed E-state index contributed by atoms with van der Waals surface area (Å²) in [6, 6.07) is 30.3. The maximum Gasteiger partial charge on any atom is 0.224 e. The molecular formula is C42H49ClN4O6. The van der Waals surface area contributed by atoms with Crippen LogP contribution >= 0.6 is 11.6 Å². The number of para-hydroxylation sites is 2. The average molecular weight is 741 g/mol. The zero-order chi connectivity index (χ0) is 37.2. The highest BCUT2D eigenvalue weighted by molar-refractivity contribution is 6.30. The van der Waals surface area contributed by atoms with Crippen molar-refractivity contribution in [2.75, 3.05) is 30.7 Å². The third-order valence-corrected chi connectivity index (χ3v) is 10.4. The molecule has 3 atom stereocenters. The molecule has 53 heavy (non-hydrogen) atoms. The molecule has 280 valence electrons. The molecule has 0 saturated carbocycles. The lowest BCUT2D eigenvalue weighted by molar-refractivity contribution is -0.253. The molecule has 2 amide bonds. The van der Waals surface area contributed by atoms with Gasteiger partial charge < -0.3 is 41.0 Å². The molecule has 0 unspecified atom stereocenters. The number of ether oxygens (including phenoxy) is 2. The van der Waals surface area contributed by atoms with Crippen LogP contribution in [0.5, 0.6) is 0 Å². The standard InChI is InChI=1S/C42H49ClN4O6/c43-34-19-17-33(18-20-34)42(51)21-23-47(24-22-42)27-35-25-38(31-13-11-30(28-48)12-14-31)53-41(52-35)32-15-9-29(10-16-32)26-45-39(49)7-3-4-8-40(50)46-37-6-2-1-5-36(37)44/h1-2,5-6,9-20,35,38,41,48,51H,3-4,7-8,21-28,44H2,(H,45,49)(H,46,50)/t35-,38+,41+/m0/s1. The highest BCUT2D eigenvalue weighted by Crippen LogP contribution is 2.39. The number of hydrogen-bond acceptors (Lipinski definition) is 8. The first-order chi connectivity index (χ1) is 25.7. The molecule has 6 rings (SSSR count). The molecule has 2 fully saturated rings. The Hall–Kier alpha value is -4.29. The molecule has 6 N–H and O–H groups in total. The van der Waals surface area contributed by atoms with Crippen molar-refractivity contribution in [1.82, 2.24) is 10.2 Å². The van der Waals surface area contributed by atoms with Crippen LogP contribution in [-0.2, 0) is 37.8 Å². The van der Waals surface area contributed by atoms with Crippen LogP contribution in [0, 0.1) is 0 Å².